The van der Waals surface area contributed by atoms with Crippen molar-refractivity contribution in [1.29, 1.82) is 0 Å². The predicted molar refractivity (Wildman–Crippen MR) is 69.2 cm³/mol. The third kappa shape index (κ3) is 3.03. The van der Waals surface area contributed by atoms with Crippen molar-refractivity contribution in [1.82, 2.24) is 14.0 Å². The summed E-state index contributed by atoms with van der Waals surface area (Å²) in [6, 6.07) is 0. The molecule has 1 atom stereocenters. The van der Waals surface area contributed by atoms with Gasteiger partial charge in [-0.3, -0.25) is 14.0 Å². The first-order valence-corrected chi connectivity index (χ1v) is 7.77. The fourth-order valence-corrected chi connectivity index (χ4v) is 4.28. The third-order valence-electron chi connectivity index (χ3n) is 3.36. The molecule has 0 aliphatic carbocycles. The van der Waals surface area contributed by atoms with E-state index in [0.29, 0.717) is 6.29 Å². The minimum absolute atomic E-state index is 0.0713. The highest BCUT2D eigenvalue weighted by Gasteiger charge is 2.37. The van der Waals surface area contributed by atoms with Crippen LogP contribution in [-0.4, -0.2) is 56.3 Å². The summed E-state index contributed by atoms with van der Waals surface area (Å²) >= 11 is 0. The van der Waals surface area contributed by atoms with E-state index in [0.717, 1.165) is 0 Å². The molecule has 15 heavy (non-hydrogen) atoms. The highest BCUT2D eigenvalue weighted by atomic mass is 28.2. The Morgan fingerprint density at radius 3 is 2.20 bits per heavy atom. The fraction of sp³-hybridized carbons (Fsp3) is 1.00. The molecule has 1 rings (SSSR count). The van der Waals surface area contributed by atoms with Crippen molar-refractivity contribution >= 4 is 9.84 Å². The summed E-state index contributed by atoms with van der Waals surface area (Å²) in [5.74, 6) is 0. The van der Waals surface area contributed by atoms with E-state index in [-0.39, 0.29) is 9.84 Å². The van der Waals surface area contributed by atoms with Gasteiger partial charge in [0.05, 0.1) is 0 Å². The van der Waals surface area contributed by atoms with E-state index in [2.05, 4.69) is 41.7 Å². The van der Waals surface area contributed by atoms with Gasteiger partial charge in [0.1, 0.15) is 6.29 Å². The SMILES string of the molecule is CCCCN1[SiH2]N(CC)C1N(CC)CC. The van der Waals surface area contributed by atoms with E-state index >= 15 is 0 Å². The van der Waals surface area contributed by atoms with Gasteiger partial charge in [0.25, 0.3) is 0 Å². The lowest BCUT2D eigenvalue weighted by Gasteiger charge is -2.55. The van der Waals surface area contributed by atoms with Crippen LogP contribution in [0.3, 0.4) is 0 Å². The van der Waals surface area contributed by atoms with Gasteiger partial charge in [-0.15, -0.1) is 0 Å². The third-order valence-corrected chi connectivity index (χ3v) is 5.50. The van der Waals surface area contributed by atoms with Crippen LogP contribution in [0.4, 0.5) is 0 Å². The second-order valence-corrected chi connectivity index (χ2v) is 6.19. The van der Waals surface area contributed by atoms with Crippen LogP contribution >= 0.6 is 0 Å². The first-order valence-electron chi connectivity index (χ1n) is 6.50. The molecule has 0 bridgehead atoms. The van der Waals surface area contributed by atoms with E-state index in [4.69, 9.17) is 0 Å². The Balaban J connectivity index is 2.46. The maximum atomic E-state index is 2.74. The molecule has 3 nitrogen and oxygen atoms in total. The molecule has 0 spiro atoms. The second kappa shape index (κ2) is 6.63. The van der Waals surface area contributed by atoms with Gasteiger partial charge in [-0.05, 0) is 32.6 Å². The molecule has 0 amide bonds. The molecule has 0 aromatic carbocycles. The van der Waals surface area contributed by atoms with Gasteiger partial charge in [0.2, 0.25) is 0 Å². The van der Waals surface area contributed by atoms with Gasteiger partial charge in [-0.1, -0.05) is 34.1 Å². The highest BCUT2D eigenvalue weighted by molar-refractivity contribution is 6.32. The predicted octanol–water partition coefficient (Wildman–Crippen LogP) is 1.05. The van der Waals surface area contributed by atoms with Crippen molar-refractivity contribution in [2.75, 3.05) is 26.2 Å². The van der Waals surface area contributed by atoms with Gasteiger partial charge in [-0.2, -0.15) is 0 Å². The molecule has 0 aromatic rings. The van der Waals surface area contributed by atoms with Crippen molar-refractivity contribution in [3.05, 3.63) is 0 Å². The van der Waals surface area contributed by atoms with E-state index in [1.165, 1.54) is 39.0 Å². The number of rotatable bonds is 7. The van der Waals surface area contributed by atoms with Gasteiger partial charge in [-0.25, -0.2) is 0 Å². The topological polar surface area (TPSA) is 9.72 Å². The second-order valence-electron chi connectivity index (χ2n) is 4.28. The summed E-state index contributed by atoms with van der Waals surface area (Å²) < 4.78 is 5.42. The molecular weight excluding hydrogens is 202 g/mol. The normalized spacial score (nSPS) is 25.0. The zero-order chi connectivity index (χ0) is 11.3. The lowest BCUT2D eigenvalue weighted by molar-refractivity contribution is -0.0360. The van der Waals surface area contributed by atoms with Crippen molar-refractivity contribution in [2.24, 2.45) is 0 Å². The largest absolute Gasteiger partial charge is 0.290 e. The maximum Gasteiger partial charge on any atom is 0.177 e. The molecule has 90 valence electrons. The monoisotopic (exact) mass is 229 g/mol. The molecule has 1 aliphatic heterocycles. The Bertz CT molecular complexity index is 171. The van der Waals surface area contributed by atoms with Crippen molar-refractivity contribution in [3.8, 4) is 0 Å². The number of hydrogen-bond acceptors (Lipinski definition) is 3. The first kappa shape index (κ1) is 13.2. The highest BCUT2D eigenvalue weighted by Crippen LogP contribution is 2.20. The summed E-state index contributed by atoms with van der Waals surface area (Å²) in [7, 11) is -0.0713. The summed E-state index contributed by atoms with van der Waals surface area (Å²) in [5.41, 5.74) is 0. The van der Waals surface area contributed by atoms with Gasteiger partial charge in [0, 0.05) is 0 Å². The molecule has 0 radical (unpaired) electrons. The zero-order valence-corrected chi connectivity index (χ0v) is 12.3. The summed E-state index contributed by atoms with van der Waals surface area (Å²) in [6.07, 6.45) is 3.33. The Labute approximate surface area is 97.4 Å². The number of unbranched alkanes of at least 4 members (excludes halogenated alkanes) is 1. The van der Waals surface area contributed by atoms with Crippen molar-refractivity contribution in [2.45, 2.75) is 46.8 Å². The summed E-state index contributed by atoms with van der Waals surface area (Å²) in [5, 5.41) is 0. The van der Waals surface area contributed by atoms with Crippen LogP contribution in [0.25, 0.3) is 0 Å². The number of nitrogens with zero attached hydrogens (tertiary/aromatic N) is 3. The Kier molecular flexibility index (Phi) is 5.82. The van der Waals surface area contributed by atoms with E-state index in [9.17, 15) is 0 Å². The van der Waals surface area contributed by atoms with E-state index in [1.54, 1.807) is 0 Å². The van der Waals surface area contributed by atoms with Gasteiger partial charge >= 0.3 is 0 Å². The van der Waals surface area contributed by atoms with E-state index in [1.807, 2.05) is 0 Å². The molecule has 0 N–H and O–H groups in total. The fourth-order valence-electron chi connectivity index (χ4n) is 2.34. The quantitative estimate of drug-likeness (QED) is 0.604. The average molecular weight is 229 g/mol. The van der Waals surface area contributed by atoms with Crippen LogP contribution in [0.5, 0.6) is 0 Å². The van der Waals surface area contributed by atoms with Crippen LogP contribution in [0.1, 0.15) is 40.5 Å². The molecule has 1 unspecified atom stereocenters. The Hall–Kier alpha value is 0.0969. The molecule has 1 saturated heterocycles. The smallest absolute Gasteiger partial charge is 0.177 e. The minimum Gasteiger partial charge on any atom is -0.290 e. The lowest BCUT2D eigenvalue weighted by atomic mass is 10.3. The minimum atomic E-state index is -0.0713. The first-order chi connectivity index (χ1) is 7.28. The van der Waals surface area contributed by atoms with Crippen LogP contribution in [0.2, 0.25) is 0 Å². The van der Waals surface area contributed by atoms with Gasteiger partial charge < -0.3 is 0 Å². The molecular formula is C11H27N3Si. The van der Waals surface area contributed by atoms with Crippen LogP contribution in [0.15, 0.2) is 0 Å². The molecule has 0 aromatic heterocycles. The van der Waals surface area contributed by atoms with Gasteiger partial charge in [0.15, 0.2) is 9.84 Å². The molecule has 0 saturated carbocycles. The van der Waals surface area contributed by atoms with Crippen LogP contribution in [0, 0.1) is 0 Å². The van der Waals surface area contributed by atoms with Crippen molar-refractivity contribution in [3.63, 3.8) is 0 Å². The van der Waals surface area contributed by atoms with Crippen LogP contribution in [-0.2, 0) is 0 Å². The summed E-state index contributed by atoms with van der Waals surface area (Å²) in [6.45, 7) is 14.0. The Morgan fingerprint density at radius 1 is 1.07 bits per heavy atom. The maximum absolute atomic E-state index is 2.74. The molecule has 1 heterocycles. The average Bonchev–Trinajstić information content (AvgIpc) is 2.24. The summed E-state index contributed by atoms with van der Waals surface area (Å²) in [4.78, 5) is 2.58. The molecule has 1 fully saturated rings. The van der Waals surface area contributed by atoms with Crippen molar-refractivity contribution < 1.29 is 0 Å². The molecule has 1 aliphatic rings. The number of hydrogen-bond donors (Lipinski definition) is 0. The van der Waals surface area contributed by atoms with Crippen LogP contribution < -0.4 is 0 Å². The lowest BCUT2D eigenvalue weighted by Crippen LogP contribution is -2.72. The zero-order valence-electron chi connectivity index (χ0n) is 10.9. The Morgan fingerprint density at radius 2 is 1.73 bits per heavy atom. The molecule has 4 heteroatoms. The standard InChI is InChI=1S/C11H27N3Si/c1-5-9-10-14-11(12(6-2)7-3)13(8-4)15-14/h11H,5-10,15H2,1-4H3. The van der Waals surface area contributed by atoms with E-state index < -0.39 is 0 Å².